The average molecular weight is 923 g/mol. The van der Waals surface area contributed by atoms with Gasteiger partial charge in [0.15, 0.2) is 0 Å². The van der Waals surface area contributed by atoms with Gasteiger partial charge in [-0.2, -0.15) is 0 Å². The lowest BCUT2D eigenvalue weighted by molar-refractivity contribution is -0.274. The molecule has 60 heavy (non-hydrogen) atoms. The van der Waals surface area contributed by atoms with Crippen molar-refractivity contribution in [2.45, 2.75) is 57.8 Å². The average Bonchev–Trinajstić information content (AvgIpc) is 3.86. The molecule has 2 saturated heterocycles. The molecule has 3 amide bonds. The number of H-pyrrole nitrogens is 1. The number of piperazine rings is 1. The van der Waals surface area contributed by atoms with E-state index in [1.807, 2.05) is 13.8 Å². The molecule has 6 rings (SSSR count). The molecule has 328 valence electrons. The smallest absolute Gasteiger partial charge is 0.453 e. The summed E-state index contributed by atoms with van der Waals surface area (Å²) in [6.07, 6.45) is -2.57. The number of benzene rings is 2. The first-order chi connectivity index (χ1) is 27.1. The summed E-state index contributed by atoms with van der Waals surface area (Å²) in [6.45, 7) is 8.35. The summed E-state index contributed by atoms with van der Waals surface area (Å²) in [5.41, 5.74) is 1.75. The summed E-state index contributed by atoms with van der Waals surface area (Å²) in [7, 11) is 2.79. The van der Waals surface area contributed by atoms with Crippen molar-refractivity contribution in [3.8, 4) is 28.1 Å². The minimum atomic E-state index is -5.04. The Hall–Kier alpha value is -4.52. The number of imidazole rings is 1. The fraction of sp³-hybridized carbons (Fsp3) is 0.410. The summed E-state index contributed by atoms with van der Waals surface area (Å²) >= 11 is 6.56. The molecular formula is C39H47Cl4F3N8O6. The van der Waals surface area contributed by atoms with Crippen LogP contribution < -0.4 is 25.6 Å². The van der Waals surface area contributed by atoms with E-state index in [-0.39, 0.29) is 89.6 Å². The monoisotopic (exact) mass is 920 g/mol. The number of anilines is 2. The third-order valence-electron chi connectivity index (χ3n) is 10.0. The van der Waals surface area contributed by atoms with E-state index < -0.39 is 36.2 Å². The number of alkyl halides is 3. The predicted octanol–water partition coefficient (Wildman–Crippen LogP) is 7.68. The van der Waals surface area contributed by atoms with E-state index in [9.17, 15) is 27.6 Å². The maximum Gasteiger partial charge on any atom is 0.573 e. The van der Waals surface area contributed by atoms with Gasteiger partial charge in [0.1, 0.15) is 23.4 Å². The van der Waals surface area contributed by atoms with Crippen LogP contribution in [-0.2, 0) is 14.3 Å². The van der Waals surface area contributed by atoms with Crippen molar-refractivity contribution in [2.75, 3.05) is 50.6 Å². The number of methoxy groups -OCH3 is 2. The van der Waals surface area contributed by atoms with Crippen LogP contribution in [0.15, 0.2) is 60.9 Å². The van der Waals surface area contributed by atoms with Crippen LogP contribution in [0.2, 0.25) is 5.02 Å². The van der Waals surface area contributed by atoms with Crippen molar-refractivity contribution >= 4 is 78.2 Å². The number of aromatic amines is 1. The number of likely N-dealkylation sites (tertiary alicyclic amines) is 1. The van der Waals surface area contributed by atoms with Crippen molar-refractivity contribution in [1.82, 2.24) is 30.5 Å². The highest BCUT2D eigenvalue weighted by Crippen LogP contribution is 2.41. The SMILES string of the molecule is COC(=O)N[C@H](C(=O)N1C[C@@H](OC)C[C@H]1c1ncc(-c2ccc(-c3cc(Cl)c(NC(=O)c4ccc(N5CCNC[C@H]5C)nc4)cc3OC(F)(F)F)cc2)[nH]1)C(C)C.Cl.Cl.Cl. The molecule has 0 spiro atoms. The number of halogens is 7. The standard InChI is InChI=1S/C39H44ClF3N8O6.3ClH/c1-21(2)34(49-38(54)56-5)37(53)51-20-26(55-4)14-31(51)35-46-19-30(47-35)24-8-6-23(7-9-24)27-15-28(40)29(16-32(27)57-39(41,42)43)48-36(52)25-10-11-33(45-18-25)50-13-12-44-17-22(50)3;;;/h6-11,15-16,18-19,21-22,26,31,34,44H,12-14,17,20H2,1-5H3,(H,46,47)(H,48,52)(H,49,54);3*1H/t22-,26+,31+,34+;;;/m1.../s1. The first-order valence-electron chi connectivity index (χ1n) is 18.3. The lowest BCUT2D eigenvalue weighted by Gasteiger charge is -2.34. The van der Waals surface area contributed by atoms with Crippen LogP contribution in [-0.4, -0.2) is 103 Å². The van der Waals surface area contributed by atoms with Crippen molar-refractivity contribution < 1.29 is 41.8 Å². The molecule has 0 bridgehead atoms. The molecule has 0 aliphatic carbocycles. The summed E-state index contributed by atoms with van der Waals surface area (Å²) in [5.74, 6) is -0.520. The van der Waals surface area contributed by atoms with Gasteiger partial charge in [-0.1, -0.05) is 49.7 Å². The van der Waals surface area contributed by atoms with Crippen molar-refractivity contribution in [3.05, 3.63) is 77.3 Å². The van der Waals surface area contributed by atoms with E-state index in [0.29, 0.717) is 34.9 Å². The van der Waals surface area contributed by atoms with E-state index in [1.54, 1.807) is 54.6 Å². The Morgan fingerprint density at radius 3 is 2.28 bits per heavy atom. The van der Waals surface area contributed by atoms with Crippen LogP contribution in [0.5, 0.6) is 5.75 Å². The number of aromatic nitrogens is 3. The first-order valence-corrected chi connectivity index (χ1v) is 18.7. The Balaban J connectivity index is 0.00000320. The molecule has 2 aromatic carbocycles. The normalized spacial score (nSPS) is 18.1. The number of hydrogen-bond donors (Lipinski definition) is 4. The molecule has 21 heteroatoms. The highest BCUT2D eigenvalue weighted by molar-refractivity contribution is 6.34. The highest BCUT2D eigenvalue weighted by Gasteiger charge is 2.42. The van der Waals surface area contributed by atoms with E-state index in [4.69, 9.17) is 21.1 Å². The maximum absolute atomic E-state index is 13.7. The second kappa shape index (κ2) is 21.3. The van der Waals surface area contributed by atoms with Crippen molar-refractivity contribution in [1.29, 1.82) is 0 Å². The zero-order chi connectivity index (χ0) is 41.0. The number of ether oxygens (including phenoxy) is 3. The Morgan fingerprint density at radius 1 is 0.983 bits per heavy atom. The second-order valence-corrected chi connectivity index (χ2v) is 14.6. The van der Waals surface area contributed by atoms with Crippen molar-refractivity contribution in [3.63, 3.8) is 0 Å². The van der Waals surface area contributed by atoms with Gasteiger partial charge in [-0.15, -0.1) is 50.4 Å². The van der Waals surface area contributed by atoms with E-state index >= 15 is 0 Å². The number of carbonyl (C=O) groups excluding carboxylic acids is 3. The highest BCUT2D eigenvalue weighted by atomic mass is 35.5. The Morgan fingerprint density at radius 2 is 1.68 bits per heavy atom. The van der Waals surface area contributed by atoms with Gasteiger partial charge in [-0.3, -0.25) is 9.59 Å². The summed E-state index contributed by atoms with van der Waals surface area (Å²) in [6, 6.07) is 11.1. The molecular weight excluding hydrogens is 875 g/mol. The number of alkyl carbamates (subject to hydrolysis) is 1. The number of amides is 3. The quantitative estimate of drug-likeness (QED) is 0.117. The number of carbonyl (C=O) groups is 3. The molecule has 14 nitrogen and oxygen atoms in total. The lowest BCUT2D eigenvalue weighted by atomic mass is 10.0. The number of nitrogens with zero attached hydrogens (tertiary/aromatic N) is 4. The maximum atomic E-state index is 13.7. The van der Waals surface area contributed by atoms with E-state index in [1.165, 1.54) is 19.4 Å². The van der Waals surface area contributed by atoms with Crippen LogP contribution in [0.25, 0.3) is 22.4 Å². The van der Waals surface area contributed by atoms with Gasteiger partial charge in [-0.25, -0.2) is 14.8 Å². The molecule has 2 aliphatic heterocycles. The molecule has 4 atom stereocenters. The zero-order valence-electron chi connectivity index (χ0n) is 33.2. The Kier molecular flexibility index (Phi) is 17.7. The molecule has 4 aromatic rings. The summed E-state index contributed by atoms with van der Waals surface area (Å²) < 4.78 is 55.8. The van der Waals surface area contributed by atoms with Crippen LogP contribution in [0.4, 0.5) is 29.5 Å². The van der Waals surface area contributed by atoms with Gasteiger partial charge in [0, 0.05) is 63.6 Å². The number of nitrogens with one attached hydrogen (secondary N) is 4. The lowest BCUT2D eigenvalue weighted by Crippen LogP contribution is -2.51. The molecule has 0 saturated carbocycles. The van der Waals surface area contributed by atoms with Gasteiger partial charge in [0.05, 0.1) is 47.4 Å². The van der Waals surface area contributed by atoms with Crippen LogP contribution in [0.3, 0.4) is 0 Å². The van der Waals surface area contributed by atoms with Gasteiger partial charge in [-0.05, 0) is 42.2 Å². The van der Waals surface area contributed by atoms with E-state index in [0.717, 1.165) is 25.7 Å². The van der Waals surface area contributed by atoms with E-state index in [2.05, 4.69) is 47.5 Å². The summed E-state index contributed by atoms with van der Waals surface area (Å²) in [4.78, 5) is 54.9. The predicted molar refractivity (Wildman–Crippen MR) is 229 cm³/mol. The number of pyridine rings is 1. The fourth-order valence-corrected chi connectivity index (χ4v) is 7.19. The van der Waals surface area contributed by atoms with Gasteiger partial charge in [0.2, 0.25) is 5.91 Å². The molecule has 2 fully saturated rings. The Bertz CT molecular complexity index is 2080. The second-order valence-electron chi connectivity index (χ2n) is 14.2. The van der Waals surface area contributed by atoms with Crippen LogP contribution in [0.1, 0.15) is 49.4 Å². The van der Waals surface area contributed by atoms with Gasteiger partial charge in [0.25, 0.3) is 5.91 Å². The molecule has 4 N–H and O–H groups in total. The fourth-order valence-electron chi connectivity index (χ4n) is 6.98. The summed E-state index contributed by atoms with van der Waals surface area (Å²) in [5, 5.41) is 8.50. The van der Waals surface area contributed by atoms with Gasteiger partial charge >= 0.3 is 12.5 Å². The van der Waals surface area contributed by atoms with Gasteiger partial charge < -0.3 is 44.9 Å². The molecule has 0 unspecified atom stereocenters. The topological polar surface area (TPSA) is 163 Å². The van der Waals surface area contributed by atoms with Crippen molar-refractivity contribution in [2.24, 2.45) is 5.92 Å². The van der Waals surface area contributed by atoms with Crippen LogP contribution in [0, 0.1) is 5.92 Å². The zero-order valence-corrected chi connectivity index (χ0v) is 36.4. The van der Waals surface area contributed by atoms with Crippen LogP contribution >= 0.6 is 48.8 Å². The number of hydrogen-bond acceptors (Lipinski definition) is 10. The largest absolute Gasteiger partial charge is 0.573 e. The Labute approximate surface area is 368 Å². The molecule has 0 radical (unpaired) electrons. The third-order valence-corrected chi connectivity index (χ3v) is 10.4. The minimum Gasteiger partial charge on any atom is -0.453 e. The third kappa shape index (κ3) is 11.6. The number of rotatable bonds is 11. The minimum absolute atomic E-state index is 0. The molecule has 2 aromatic heterocycles. The molecule has 2 aliphatic rings. The molecule has 4 heterocycles. The first kappa shape index (κ1) is 49.8.